The summed E-state index contributed by atoms with van der Waals surface area (Å²) < 4.78 is 5.17. The Morgan fingerprint density at radius 1 is 1.24 bits per heavy atom. The van der Waals surface area contributed by atoms with Crippen LogP contribution in [0, 0.1) is 0 Å². The van der Waals surface area contributed by atoms with Crippen LogP contribution in [0.1, 0.15) is 18.1 Å². The average molecular weight is 305 g/mol. The van der Waals surface area contributed by atoms with E-state index < -0.39 is 0 Å². The highest BCUT2D eigenvalue weighted by atomic mass is 35.5. The first-order chi connectivity index (χ1) is 10.1. The van der Waals surface area contributed by atoms with Crippen molar-refractivity contribution in [3.05, 3.63) is 58.6 Å². The summed E-state index contributed by atoms with van der Waals surface area (Å²) in [5, 5.41) is 4.28. The lowest BCUT2D eigenvalue weighted by Gasteiger charge is -2.15. The van der Waals surface area contributed by atoms with E-state index in [2.05, 4.69) is 12.2 Å². The Labute approximate surface area is 131 Å². The molecule has 3 N–H and O–H groups in total. The Morgan fingerprint density at radius 3 is 2.67 bits per heavy atom. The number of methoxy groups -OCH3 is 1. The molecule has 0 amide bonds. The van der Waals surface area contributed by atoms with Crippen molar-refractivity contribution in [1.82, 2.24) is 5.32 Å². The van der Waals surface area contributed by atoms with Gasteiger partial charge in [0.25, 0.3) is 0 Å². The molecule has 21 heavy (non-hydrogen) atoms. The van der Waals surface area contributed by atoms with Crippen LogP contribution < -0.4 is 15.8 Å². The van der Waals surface area contributed by atoms with E-state index in [-0.39, 0.29) is 0 Å². The second-order valence-electron chi connectivity index (χ2n) is 5.15. The summed E-state index contributed by atoms with van der Waals surface area (Å²) in [5.74, 6) is 0.718. The fraction of sp³-hybridized carbons (Fsp3) is 0.294. The second-order valence-corrected chi connectivity index (χ2v) is 5.56. The van der Waals surface area contributed by atoms with Gasteiger partial charge in [0, 0.05) is 17.6 Å². The van der Waals surface area contributed by atoms with E-state index in [0.717, 1.165) is 29.3 Å². The van der Waals surface area contributed by atoms with Gasteiger partial charge in [-0.25, -0.2) is 0 Å². The van der Waals surface area contributed by atoms with Crippen LogP contribution in [0.3, 0.4) is 0 Å². The second kappa shape index (κ2) is 7.34. The molecule has 0 spiro atoms. The number of anilines is 1. The zero-order valence-corrected chi connectivity index (χ0v) is 13.2. The molecule has 0 heterocycles. The lowest BCUT2D eigenvalue weighted by atomic mass is 10.1. The van der Waals surface area contributed by atoms with Gasteiger partial charge in [-0.3, -0.25) is 0 Å². The van der Waals surface area contributed by atoms with Crippen LogP contribution in [0.15, 0.2) is 42.5 Å². The lowest BCUT2D eigenvalue weighted by molar-refractivity contribution is 0.416. The smallest absolute Gasteiger partial charge is 0.141 e. The number of nitrogens with one attached hydrogen (secondary N) is 1. The summed E-state index contributed by atoms with van der Waals surface area (Å²) >= 11 is 6.15. The fourth-order valence-corrected chi connectivity index (χ4v) is 2.47. The lowest BCUT2D eigenvalue weighted by Crippen LogP contribution is -2.27. The number of ether oxygens (including phenoxy) is 1. The number of nitrogen functional groups attached to an aromatic ring is 1. The van der Waals surface area contributed by atoms with Crippen molar-refractivity contribution in [3.63, 3.8) is 0 Å². The number of halogens is 1. The van der Waals surface area contributed by atoms with E-state index >= 15 is 0 Å². The molecule has 4 heteroatoms. The molecule has 0 bridgehead atoms. The number of rotatable bonds is 6. The predicted molar refractivity (Wildman–Crippen MR) is 88.9 cm³/mol. The maximum Gasteiger partial charge on any atom is 0.141 e. The van der Waals surface area contributed by atoms with Gasteiger partial charge in [-0.15, -0.1) is 0 Å². The van der Waals surface area contributed by atoms with Gasteiger partial charge in [0.1, 0.15) is 5.75 Å². The Kier molecular flexibility index (Phi) is 5.48. The Balaban J connectivity index is 1.91. The van der Waals surface area contributed by atoms with Crippen LogP contribution in [-0.2, 0) is 13.0 Å². The van der Waals surface area contributed by atoms with Crippen molar-refractivity contribution < 1.29 is 4.74 Å². The van der Waals surface area contributed by atoms with Gasteiger partial charge in [-0.2, -0.15) is 0 Å². The van der Waals surface area contributed by atoms with E-state index in [0.29, 0.717) is 11.7 Å². The molecular weight excluding hydrogens is 284 g/mol. The number of hydrogen-bond acceptors (Lipinski definition) is 3. The predicted octanol–water partition coefficient (Wildman–Crippen LogP) is 3.65. The molecule has 0 aliphatic rings. The summed E-state index contributed by atoms with van der Waals surface area (Å²) in [6.07, 6.45) is 0.901. The first-order valence-corrected chi connectivity index (χ1v) is 7.37. The molecule has 1 unspecified atom stereocenters. The summed E-state index contributed by atoms with van der Waals surface area (Å²) in [5.41, 5.74) is 8.90. The minimum atomic E-state index is 0.328. The molecule has 0 radical (unpaired) electrons. The van der Waals surface area contributed by atoms with Gasteiger partial charge in [0.2, 0.25) is 0 Å². The standard InChI is InChI=1S/C17H21ClN2O/c1-12(20-11-14-5-3-4-6-15(14)18)9-13-7-8-17(21-2)16(19)10-13/h3-8,10,12,20H,9,11,19H2,1-2H3. The maximum atomic E-state index is 6.15. The third-order valence-corrected chi connectivity index (χ3v) is 3.80. The Hall–Kier alpha value is -1.71. The zero-order valence-electron chi connectivity index (χ0n) is 12.4. The molecule has 0 aliphatic carbocycles. The van der Waals surface area contributed by atoms with Crippen molar-refractivity contribution in [1.29, 1.82) is 0 Å². The molecule has 0 fully saturated rings. The summed E-state index contributed by atoms with van der Waals surface area (Å²) in [6.45, 7) is 2.91. The molecular formula is C17H21ClN2O. The van der Waals surface area contributed by atoms with Crippen LogP contribution >= 0.6 is 11.6 Å². The van der Waals surface area contributed by atoms with Crippen molar-refractivity contribution in [2.75, 3.05) is 12.8 Å². The quantitative estimate of drug-likeness (QED) is 0.801. The minimum absolute atomic E-state index is 0.328. The minimum Gasteiger partial charge on any atom is -0.495 e. The highest BCUT2D eigenvalue weighted by molar-refractivity contribution is 6.31. The molecule has 0 saturated carbocycles. The van der Waals surface area contributed by atoms with Crippen LogP contribution in [0.4, 0.5) is 5.69 Å². The van der Waals surface area contributed by atoms with Gasteiger partial charge in [-0.1, -0.05) is 35.9 Å². The first kappa shape index (κ1) is 15.7. The maximum absolute atomic E-state index is 6.15. The highest BCUT2D eigenvalue weighted by Gasteiger charge is 2.07. The third kappa shape index (κ3) is 4.38. The molecule has 0 saturated heterocycles. The van der Waals surface area contributed by atoms with Crippen LogP contribution in [0.2, 0.25) is 5.02 Å². The highest BCUT2D eigenvalue weighted by Crippen LogP contribution is 2.22. The SMILES string of the molecule is COc1ccc(CC(C)NCc2ccccc2Cl)cc1N. The van der Waals surface area contributed by atoms with Gasteiger partial charge in [0.05, 0.1) is 12.8 Å². The van der Waals surface area contributed by atoms with Gasteiger partial charge in [-0.05, 0) is 42.7 Å². The third-order valence-electron chi connectivity index (χ3n) is 3.43. The van der Waals surface area contributed by atoms with E-state index in [4.69, 9.17) is 22.1 Å². The Morgan fingerprint density at radius 2 is 2.00 bits per heavy atom. The first-order valence-electron chi connectivity index (χ1n) is 6.99. The molecule has 2 aromatic rings. The number of nitrogens with two attached hydrogens (primary N) is 1. The largest absolute Gasteiger partial charge is 0.495 e. The zero-order chi connectivity index (χ0) is 15.2. The van der Waals surface area contributed by atoms with E-state index in [1.807, 2.05) is 42.5 Å². The summed E-state index contributed by atoms with van der Waals surface area (Å²) in [6, 6.07) is 14.1. The number of benzene rings is 2. The molecule has 0 aliphatic heterocycles. The van der Waals surface area contributed by atoms with Crippen molar-refractivity contribution >= 4 is 17.3 Å². The van der Waals surface area contributed by atoms with E-state index in [9.17, 15) is 0 Å². The average Bonchev–Trinajstić information content (AvgIpc) is 2.46. The number of hydrogen-bond donors (Lipinski definition) is 2. The van der Waals surface area contributed by atoms with Gasteiger partial charge in [0.15, 0.2) is 0 Å². The molecule has 2 rings (SSSR count). The monoisotopic (exact) mass is 304 g/mol. The summed E-state index contributed by atoms with van der Waals surface area (Å²) in [4.78, 5) is 0. The van der Waals surface area contributed by atoms with E-state index in [1.165, 1.54) is 5.56 Å². The molecule has 0 aromatic heterocycles. The summed E-state index contributed by atoms with van der Waals surface area (Å²) in [7, 11) is 1.62. The fourth-order valence-electron chi connectivity index (χ4n) is 2.26. The molecule has 112 valence electrons. The van der Waals surface area contributed by atoms with Gasteiger partial charge < -0.3 is 15.8 Å². The van der Waals surface area contributed by atoms with Crippen LogP contribution in [0.5, 0.6) is 5.75 Å². The van der Waals surface area contributed by atoms with Crippen molar-refractivity contribution in [3.8, 4) is 5.75 Å². The van der Waals surface area contributed by atoms with Crippen LogP contribution in [-0.4, -0.2) is 13.2 Å². The molecule has 3 nitrogen and oxygen atoms in total. The van der Waals surface area contributed by atoms with Crippen LogP contribution in [0.25, 0.3) is 0 Å². The van der Waals surface area contributed by atoms with Crippen molar-refractivity contribution in [2.45, 2.75) is 25.9 Å². The topological polar surface area (TPSA) is 47.3 Å². The molecule has 1 atom stereocenters. The van der Waals surface area contributed by atoms with Gasteiger partial charge >= 0.3 is 0 Å². The van der Waals surface area contributed by atoms with Crippen molar-refractivity contribution in [2.24, 2.45) is 0 Å². The van der Waals surface area contributed by atoms with E-state index in [1.54, 1.807) is 7.11 Å². The Bertz CT molecular complexity index is 601. The molecule has 2 aromatic carbocycles. The normalized spacial score (nSPS) is 12.1.